The van der Waals surface area contributed by atoms with Crippen molar-refractivity contribution in [2.45, 2.75) is 26.7 Å². The highest BCUT2D eigenvalue weighted by molar-refractivity contribution is 6.04. The van der Waals surface area contributed by atoms with Crippen LogP contribution in [0.2, 0.25) is 0 Å². The van der Waals surface area contributed by atoms with E-state index in [-0.39, 0.29) is 11.9 Å². The first-order valence-corrected chi connectivity index (χ1v) is 10.1. The Balaban J connectivity index is 1.62. The van der Waals surface area contributed by atoms with Crippen LogP contribution in [0.1, 0.15) is 34.3 Å². The Labute approximate surface area is 172 Å². The van der Waals surface area contributed by atoms with E-state index in [0.717, 1.165) is 42.8 Å². The SMILES string of the molecule is Cc1ccccc1OCCN(C)C(=O)Nc1c(C)cccc1C(=O)N1CCCC1. The molecule has 0 atom stereocenters. The van der Waals surface area contributed by atoms with Gasteiger partial charge in [-0.05, 0) is 49.9 Å². The Morgan fingerprint density at radius 3 is 2.45 bits per heavy atom. The van der Waals surface area contributed by atoms with Crippen molar-refractivity contribution in [3.8, 4) is 5.75 Å². The van der Waals surface area contributed by atoms with Crippen molar-refractivity contribution >= 4 is 17.6 Å². The standard InChI is InChI=1S/C23H29N3O3/c1-17-9-4-5-12-20(17)29-16-15-25(3)23(28)24-21-18(2)10-8-11-19(21)22(27)26-13-6-7-14-26/h4-5,8-12H,6-7,13-16H2,1-3H3,(H,24,28). The summed E-state index contributed by atoms with van der Waals surface area (Å²) in [4.78, 5) is 29.0. The zero-order chi connectivity index (χ0) is 20.8. The fraction of sp³-hybridized carbons (Fsp3) is 0.391. The fourth-order valence-corrected chi connectivity index (χ4v) is 3.42. The quantitative estimate of drug-likeness (QED) is 0.802. The molecule has 3 rings (SSSR count). The highest BCUT2D eigenvalue weighted by Crippen LogP contribution is 2.24. The molecule has 1 heterocycles. The van der Waals surface area contributed by atoms with Crippen LogP contribution in [0.3, 0.4) is 0 Å². The second-order valence-electron chi connectivity index (χ2n) is 7.46. The highest BCUT2D eigenvalue weighted by Gasteiger charge is 2.23. The number of hydrogen-bond acceptors (Lipinski definition) is 3. The molecule has 1 saturated heterocycles. The number of nitrogens with one attached hydrogen (secondary N) is 1. The van der Waals surface area contributed by atoms with Gasteiger partial charge >= 0.3 is 6.03 Å². The van der Waals surface area contributed by atoms with Crippen LogP contribution < -0.4 is 10.1 Å². The molecule has 0 saturated carbocycles. The van der Waals surface area contributed by atoms with Gasteiger partial charge in [-0.3, -0.25) is 4.79 Å². The maximum absolute atomic E-state index is 12.9. The minimum atomic E-state index is -0.261. The number of likely N-dealkylation sites (tertiary alicyclic amines) is 1. The molecule has 1 N–H and O–H groups in total. The first-order chi connectivity index (χ1) is 14.0. The van der Waals surface area contributed by atoms with E-state index in [0.29, 0.717) is 24.4 Å². The highest BCUT2D eigenvalue weighted by atomic mass is 16.5. The lowest BCUT2D eigenvalue weighted by molar-refractivity contribution is 0.0793. The number of carbonyl (C=O) groups excluding carboxylic acids is 2. The number of aryl methyl sites for hydroxylation is 2. The molecule has 3 amide bonds. The molecule has 0 spiro atoms. The fourth-order valence-electron chi connectivity index (χ4n) is 3.42. The van der Waals surface area contributed by atoms with Crippen molar-refractivity contribution in [2.24, 2.45) is 0 Å². The third-order valence-electron chi connectivity index (χ3n) is 5.25. The van der Waals surface area contributed by atoms with E-state index in [4.69, 9.17) is 4.74 Å². The summed E-state index contributed by atoms with van der Waals surface area (Å²) in [5.41, 5.74) is 3.06. The average Bonchev–Trinajstić information content (AvgIpc) is 3.25. The summed E-state index contributed by atoms with van der Waals surface area (Å²) in [6, 6.07) is 13.1. The van der Waals surface area contributed by atoms with Gasteiger partial charge in [-0.25, -0.2) is 4.79 Å². The summed E-state index contributed by atoms with van der Waals surface area (Å²) in [6.07, 6.45) is 2.06. The van der Waals surface area contributed by atoms with Crippen LogP contribution in [0.5, 0.6) is 5.75 Å². The predicted octanol–water partition coefficient (Wildman–Crippen LogP) is 4.08. The third kappa shape index (κ3) is 5.08. The molecule has 1 aliphatic heterocycles. The number of hydrogen-bond donors (Lipinski definition) is 1. The first-order valence-electron chi connectivity index (χ1n) is 10.1. The summed E-state index contributed by atoms with van der Waals surface area (Å²) in [7, 11) is 1.72. The monoisotopic (exact) mass is 395 g/mol. The number of ether oxygens (including phenoxy) is 1. The molecule has 0 aliphatic carbocycles. The molecule has 0 unspecified atom stereocenters. The molecule has 2 aromatic rings. The predicted molar refractivity (Wildman–Crippen MR) is 115 cm³/mol. The zero-order valence-electron chi connectivity index (χ0n) is 17.4. The number of anilines is 1. The van der Waals surface area contributed by atoms with Gasteiger partial charge in [0, 0.05) is 20.1 Å². The normalized spacial score (nSPS) is 13.3. The van der Waals surface area contributed by atoms with Crippen molar-refractivity contribution in [1.29, 1.82) is 0 Å². The van der Waals surface area contributed by atoms with Crippen molar-refractivity contribution in [2.75, 3.05) is 38.6 Å². The summed E-state index contributed by atoms with van der Waals surface area (Å²) >= 11 is 0. The lowest BCUT2D eigenvalue weighted by atomic mass is 10.1. The van der Waals surface area contributed by atoms with E-state index in [1.54, 1.807) is 18.0 Å². The molecule has 1 fully saturated rings. The van der Waals surface area contributed by atoms with Gasteiger partial charge in [-0.2, -0.15) is 0 Å². The molecule has 0 aromatic heterocycles. The number of para-hydroxylation sites is 2. The largest absolute Gasteiger partial charge is 0.491 e. The first kappa shape index (κ1) is 20.7. The molecule has 0 radical (unpaired) electrons. The number of urea groups is 1. The van der Waals surface area contributed by atoms with Crippen LogP contribution in [-0.4, -0.2) is 55.0 Å². The van der Waals surface area contributed by atoms with Gasteiger partial charge in [0.15, 0.2) is 0 Å². The van der Waals surface area contributed by atoms with Gasteiger partial charge in [0.1, 0.15) is 12.4 Å². The number of benzene rings is 2. The molecule has 6 heteroatoms. The molecule has 29 heavy (non-hydrogen) atoms. The maximum atomic E-state index is 12.9. The van der Waals surface area contributed by atoms with Gasteiger partial charge in [0.25, 0.3) is 5.91 Å². The van der Waals surface area contributed by atoms with Gasteiger partial charge in [0.2, 0.25) is 0 Å². The Hall–Kier alpha value is -3.02. The summed E-state index contributed by atoms with van der Waals surface area (Å²) in [5, 5.41) is 2.93. The summed E-state index contributed by atoms with van der Waals surface area (Å²) in [5.74, 6) is 0.797. The zero-order valence-corrected chi connectivity index (χ0v) is 17.4. The second-order valence-corrected chi connectivity index (χ2v) is 7.46. The number of amides is 3. The maximum Gasteiger partial charge on any atom is 0.321 e. The number of carbonyl (C=O) groups is 2. The Bertz CT molecular complexity index is 875. The lowest BCUT2D eigenvalue weighted by Gasteiger charge is -2.22. The lowest BCUT2D eigenvalue weighted by Crippen LogP contribution is -2.36. The van der Waals surface area contributed by atoms with Crippen molar-refractivity contribution in [3.05, 3.63) is 59.2 Å². The van der Waals surface area contributed by atoms with Crippen molar-refractivity contribution in [3.63, 3.8) is 0 Å². The number of nitrogens with zero attached hydrogens (tertiary/aromatic N) is 2. The van der Waals surface area contributed by atoms with E-state index in [1.165, 1.54) is 0 Å². The number of likely N-dealkylation sites (N-methyl/N-ethyl adjacent to an activating group) is 1. The van der Waals surface area contributed by atoms with Gasteiger partial charge in [-0.15, -0.1) is 0 Å². The van der Waals surface area contributed by atoms with Crippen molar-refractivity contribution < 1.29 is 14.3 Å². The Morgan fingerprint density at radius 1 is 1.03 bits per heavy atom. The summed E-state index contributed by atoms with van der Waals surface area (Å²) < 4.78 is 5.78. The van der Waals surface area contributed by atoms with E-state index in [9.17, 15) is 9.59 Å². The molecule has 6 nitrogen and oxygen atoms in total. The molecule has 154 valence electrons. The Kier molecular flexibility index (Phi) is 6.75. The van der Waals surface area contributed by atoms with Crippen LogP contribution in [0.25, 0.3) is 0 Å². The minimum absolute atomic E-state index is 0.0213. The summed E-state index contributed by atoms with van der Waals surface area (Å²) in [6.45, 7) is 6.26. The van der Waals surface area contributed by atoms with Crippen LogP contribution in [0.4, 0.5) is 10.5 Å². The minimum Gasteiger partial charge on any atom is -0.491 e. The van der Waals surface area contributed by atoms with E-state index in [2.05, 4.69) is 5.32 Å². The number of rotatable bonds is 6. The van der Waals surface area contributed by atoms with Crippen LogP contribution in [0, 0.1) is 13.8 Å². The van der Waals surface area contributed by atoms with E-state index in [1.807, 2.05) is 55.1 Å². The smallest absolute Gasteiger partial charge is 0.321 e. The Morgan fingerprint density at radius 2 is 1.72 bits per heavy atom. The van der Waals surface area contributed by atoms with Gasteiger partial charge < -0.3 is 19.9 Å². The van der Waals surface area contributed by atoms with Crippen LogP contribution in [-0.2, 0) is 0 Å². The van der Waals surface area contributed by atoms with Gasteiger partial charge in [-0.1, -0.05) is 30.3 Å². The van der Waals surface area contributed by atoms with Crippen LogP contribution >= 0.6 is 0 Å². The molecule has 2 aromatic carbocycles. The average molecular weight is 396 g/mol. The molecule has 1 aliphatic rings. The molecule has 0 bridgehead atoms. The van der Waals surface area contributed by atoms with E-state index < -0.39 is 0 Å². The molecular formula is C23H29N3O3. The third-order valence-corrected chi connectivity index (χ3v) is 5.25. The van der Waals surface area contributed by atoms with Crippen molar-refractivity contribution in [1.82, 2.24) is 9.80 Å². The van der Waals surface area contributed by atoms with Crippen LogP contribution in [0.15, 0.2) is 42.5 Å². The molecular weight excluding hydrogens is 366 g/mol. The van der Waals surface area contributed by atoms with Gasteiger partial charge in [0.05, 0.1) is 17.8 Å². The topological polar surface area (TPSA) is 61.9 Å². The van der Waals surface area contributed by atoms with E-state index >= 15 is 0 Å². The second kappa shape index (κ2) is 9.45.